The SMILES string of the molecule is Clc1cc(Cl)cc(Cn2ccnc2COC2=NC(N3CCNCC3)=CC=CC2)c1. The number of aromatic nitrogens is 2. The van der Waals surface area contributed by atoms with Crippen LogP contribution in [-0.2, 0) is 17.9 Å². The van der Waals surface area contributed by atoms with E-state index in [1.165, 1.54) is 0 Å². The predicted octanol–water partition coefficient (Wildman–Crippen LogP) is 3.86. The summed E-state index contributed by atoms with van der Waals surface area (Å²) in [5.41, 5.74) is 1.01. The summed E-state index contributed by atoms with van der Waals surface area (Å²) < 4.78 is 8.06. The van der Waals surface area contributed by atoms with Gasteiger partial charge in [0.25, 0.3) is 0 Å². The standard InChI is InChI=1S/C21H23Cl2N5O/c22-17-11-16(12-18(23)13-17)14-28-10-7-25-20(28)15-29-21-4-2-1-3-19(26-21)27-8-5-24-6-9-27/h1-3,7,10-13,24H,4-6,8-9,14-15H2. The van der Waals surface area contributed by atoms with Gasteiger partial charge in [0.2, 0.25) is 0 Å². The van der Waals surface area contributed by atoms with Gasteiger partial charge >= 0.3 is 0 Å². The molecular formula is C21H23Cl2N5O. The number of allylic oxidation sites excluding steroid dienone is 2. The lowest BCUT2D eigenvalue weighted by molar-refractivity contribution is 0.264. The first-order chi connectivity index (χ1) is 14.2. The largest absolute Gasteiger partial charge is 0.472 e. The Morgan fingerprint density at radius 3 is 2.69 bits per heavy atom. The number of imidazole rings is 1. The Labute approximate surface area is 180 Å². The number of halogens is 2. The van der Waals surface area contributed by atoms with E-state index in [0.717, 1.165) is 43.4 Å². The van der Waals surface area contributed by atoms with E-state index in [4.69, 9.17) is 32.9 Å². The van der Waals surface area contributed by atoms with E-state index in [1.807, 2.05) is 35.0 Å². The minimum atomic E-state index is 0.350. The average molecular weight is 432 g/mol. The van der Waals surface area contributed by atoms with Crippen LogP contribution in [0.1, 0.15) is 17.8 Å². The van der Waals surface area contributed by atoms with E-state index in [9.17, 15) is 0 Å². The second-order valence-electron chi connectivity index (χ2n) is 6.94. The highest BCUT2D eigenvalue weighted by atomic mass is 35.5. The first-order valence-corrected chi connectivity index (χ1v) is 10.4. The molecule has 0 unspecified atom stereocenters. The summed E-state index contributed by atoms with van der Waals surface area (Å²) >= 11 is 12.2. The van der Waals surface area contributed by atoms with Crippen molar-refractivity contribution in [2.75, 3.05) is 26.2 Å². The van der Waals surface area contributed by atoms with E-state index in [0.29, 0.717) is 35.5 Å². The molecule has 6 nitrogen and oxygen atoms in total. The Morgan fingerprint density at radius 2 is 1.90 bits per heavy atom. The van der Waals surface area contributed by atoms with Crippen molar-refractivity contribution in [3.8, 4) is 0 Å². The molecule has 0 amide bonds. The molecule has 0 bridgehead atoms. The third-order valence-corrected chi connectivity index (χ3v) is 5.24. The van der Waals surface area contributed by atoms with E-state index < -0.39 is 0 Å². The Morgan fingerprint density at radius 1 is 1.10 bits per heavy atom. The van der Waals surface area contributed by atoms with Crippen LogP contribution in [0.15, 0.2) is 59.6 Å². The van der Waals surface area contributed by atoms with Crippen molar-refractivity contribution >= 4 is 29.1 Å². The summed E-state index contributed by atoms with van der Waals surface area (Å²) in [5, 5.41) is 4.61. The lowest BCUT2D eigenvalue weighted by atomic mass is 10.2. The summed E-state index contributed by atoms with van der Waals surface area (Å²) in [4.78, 5) is 11.5. The maximum atomic E-state index is 6.12. The van der Waals surface area contributed by atoms with Crippen molar-refractivity contribution in [2.24, 2.45) is 4.99 Å². The monoisotopic (exact) mass is 431 g/mol. The Balaban J connectivity index is 1.42. The van der Waals surface area contributed by atoms with E-state index in [2.05, 4.69) is 21.3 Å². The number of ether oxygens (including phenoxy) is 1. The molecule has 29 heavy (non-hydrogen) atoms. The molecule has 0 radical (unpaired) electrons. The molecule has 0 atom stereocenters. The van der Waals surface area contributed by atoms with Crippen molar-refractivity contribution in [2.45, 2.75) is 19.6 Å². The van der Waals surface area contributed by atoms with Gasteiger partial charge in [-0.2, -0.15) is 4.99 Å². The van der Waals surface area contributed by atoms with Gasteiger partial charge in [-0.15, -0.1) is 0 Å². The number of piperazine rings is 1. The highest BCUT2D eigenvalue weighted by molar-refractivity contribution is 6.34. The van der Waals surface area contributed by atoms with Crippen LogP contribution in [0, 0.1) is 0 Å². The number of aliphatic imine (C=N–C) groups is 1. The Hall–Kier alpha value is -2.28. The fraction of sp³-hybridized carbons (Fsp3) is 0.333. The second-order valence-corrected chi connectivity index (χ2v) is 7.81. The molecule has 0 aliphatic carbocycles. The Kier molecular flexibility index (Phi) is 6.54. The molecule has 8 heteroatoms. The lowest BCUT2D eigenvalue weighted by Crippen LogP contribution is -2.42. The van der Waals surface area contributed by atoms with E-state index in [1.54, 1.807) is 12.3 Å². The zero-order chi connectivity index (χ0) is 20.1. The quantitative estimate of drug-likeness (QED) is 0.780. The van der Waals surface area contributed by atoms with Crippen molar-refractivity contribution in [1.82, 2.24) is 19.8 Å². The normalized spacial score (nSPS) is 17.0. The van der Waals surface area contributed by atoms with Gasteiger partial charge in [-0.25, -0.2) is 4.98 Å². The fourth-order valence-corrected chi connectivity index (χ4v) is 3.94. The number of nitrogens with zero attached hydrogens (tertiary/aromatic N) is 4. The maximum Gasteiger partial charge on any atom is 0.194 e. The van der Waals surface area contributed by atoms with Crippen LogP contribution in [0.5, 0.6) is 0 Å². The first-order valence-electron chi connectivity index (χ1n) is 9.65. The van der Waals surface area contributed by atoms with Crippen LogP contribution in [0.4, 0.5) is 0 Å². The zero-order valence-electron chi connectivity index (χ0n) is 16.0. The zero-order valence-corrected chi connectivity index (χ0v) is 17.5. The number of nitrogens with one attached hydrogen (secondary N) is 1. The molecule has 0 saturated carbocycles. The molecule has 2 aliphatic rings. The molecule has 152 valence electrons. The van der Waals surface area contributed by atoms with Crippen molar-refractivity contribution in [3.63, 3.8) is 0 Å². The fourth-order valence-electron chi connectivity index (χ4n) is 3.37. The van der Waals surface area contributed by atoms with Crippen LogP contribution in [-0.4, -0.2) is 46.5 Å². The first kappa shape index (κ1) is 20.0. The number of hydrogen-bond acceptors (Lipinski definition) is 5. The Bertz CT molecular complexity index is 924. The summed E-state index contributed by atoms with van der Waals surface area (Å²) in [5.74, 6) is 2.47. The van der Waals surface area contributed by atoms with Gasteiger partial charge < -0.3 is 19.5 Å². The molecule has 4 rings (SSSR count). The molecule has 3 heterocycles. The number of hydrogen-bond donors (Lipinski definition) is 1. The van der Waals surface area contributed by atoms with Crippen molar-refractivity contribution in [3.05, 3.63) is 76.1 Å². The van der Waals surface area contributed by atoms with Crippen LogP contribution in [0.25, 0.3) is 0 Å². The third-order valence-electron chi connectivity index (χ3n) is 4.80. The molecular weight excluding hydrogens is 409 g/mol. The molecule has 1 N–H and O–H groups in total. The van der Waals surface area contributed by atoms with Crippen LogP contribution in [0.2, 0.25) is 10.0 Å². The lowest BCUT2D eigenvalue weighted by Gasteiger charge is -2.29. The van der Waals surface area contributed by atoms with Gasteiger partial charge in [0.1, 0.15) is 18.3 Å². The predicted molar refractivity (Wildman–Crippen MR) is 116 cm³/mol. The molecule has 0 spiro atoms. The van der Waals surface area contributed by atoms with Crippen molar-refractivity contribution < 1.29 is 4.74 Å². The van der Waals surface area contributed by atoms with Crippen LogP contribution in [0.3, 0.4) is 0 Å². The highest BCUT2D eigenvalue weighted by Gasteiger charge is 2.15. The van der Waals surface area contributed by atoms with Gasteiger partial charge in [-0.1, -0.05) is 35.4 Å². The third kappa shape index (κ3) is 5.41. The van der Waals surface area contributed by atoms with Gasteiger partial charge in [-0.05, 0) is 29.8 Å². The summed E-state index contributed by atoms with van der Waals surface area (Å²) in [6.45, 7) is 4.81. The van der Waals surface area contributed by atoms with Crippen molar-refractivity contribution in [1.29, 1.82) is 0 Å². The van der Waals surface area contributed by atoms with Gasteiger partial charge in [0.15, 0.2) is 5.90 Å². The molecule has 2 aliphatic heterocycles. The minimum Gasteiger partial charge on any atom is -0.472 e. The van der Waals surface area contributed by atoms with Crippen LogP contribution >= 0.6 is 23.2 Å². The molecule has 2 aromatic rings. The maximum absolute atomic E-state index is 6.12. The molecule has 1 aromatic carbocycles. The number of rotatable bonds is 5. The average Bonchev–Trinajstić information content (AvgIpc) is 3.00. The minimum absolute atomic E-state index is 0.350. The molecule has 1 fully saturated rings. The second kappa shape index (κ2) is 9.48. The number of benzene rings is 1. The van der Waals surface area contributed by atoms with Gasteiger partial charge in [0.05, 0.1) is 0 Å². The summed E-state index contributed by atoms with van der Waals surface area (Å²) in [7, 11) is 0. The topological polar surface area (TPSA) is 54.7 Å². The highest BCUT2D eigenvalue weighted by Crippen LogP contribution is 2.20. The van der Waals surface area contributed by atoms with E-state index >= 15 is 0 Å². The summed E-state index contributed by atoms with van der Waals surface area (Å²) in [6, 6.07) is 5.54. The van der Waals surface area contributed by atoms with E-state index in [-0.39, 0.29) is 0 Å². The van der Waals surface area contributed by atoms with Gasteiger partial charge in [0, 0.05) is 61.6 Å². The smallest absolute Gasteiger partial charge is 0.194 e. The molecule has 1 aromatic heterocycles. The van der Waals surface area contributed by atoms with Gasteiger partial charge in [-0.3, -0.25) is 0 Å². The summed E-state index contributed by atoms with van der Waals surface area (Å²) in [6.07, 6.45) is 10.5. The van der Waals surface area contributed by atoms with Crippen LogP contribution < -0.4 is 5.32 Å². The molecule has 1 saturated heterocycles.